The van der Waals surface area contributed by atoms with Crippen molar-refractivity contribution in [3.05, 3.63) is 66.1 Å². The highest BCUT2D eigenvalue weighted by Gasteiger charge is 2.38. The van der Waals surface area contributed by atoms with Crippen molar-refractivity contribution in [2.24, 2.45) is 0 Å². The number of nitrogen functional groups attached to an aromatic ring is 1. The summed E-state index contributed by atoms with van der Waals surface area (Å²) in [6, 6.07) is 17.3. The fourth-order valence-corrected chi connectivity index (χ4v) is 4.01. The summed E-state index contributed by atoms with van der Waals surface area (Å²) < 4.78 is 6.70. The van der Waals surface area contributed by atoms with E-state index in [1.807, 2.05) is 30.3 Å². The minimum atomic E-state index is -0.584. The molecule has 1 aliphatic heterocycles. The molecule has 0 aliphatic carbocycles. The van der Waals surface area contributed by atoms with Crippen molar-refractivity contribution in [2.75, 3.05) is 18.8 Å². The number of nitrogens with two attached hydrogens (primary N) is 1. The van der Waals surface area contributed by atoms with Crippen molar-refractivity contribution in [1.29, 1.82) is 5.26 Å². The third kappa shape index (κ3) is 3.18. The van der Waals surface area contributed by atoms with Gasteiger partial charge in [0.15, 0.2) is 11.4 Å². The van der Waals surface area contributed by atoms with E-state index >= 15 is 0 Å². The molecule has 0 radical (unpaired) electrons. The number of furan rings is 1. The summed E-state index contributed by atoms with van der Waals surface area (Å²) >= 11 is 0. The zero-order chi connectivity index (χ0) is 21.4. The van der Waals surface area contributed by atoms with Gasteiger partial charge in [-0.3, -0.25) is 4.79 Å². The smallest absolute Gasteiger partial charge is 0.272 e. The second-order valence-electron chi connectivity index (χ2n) is 7.53. The molecule has 0 atom stereocenters. The summed E-state index contributed by atoms with van der Waals surface area (Å²) in [6.45, 7) is 0.913. The summed E-state index contributed by atoms with van der Waals surface area (Å²) in [5.41, 5.74) is 7.05. The lowest BCUT2D eigenvalue weighted by molar-refractivity contribution is 0.0686. The first-order chi connectivity index (χ1) is 15.1. The number of benzene rings is 1. The molecule has 0 bridgehead atoms. The molecule has 31 heavy (non-hydrogen) atoms. The maximum Gasteiger partial charge on any atom is 0.272 e. The summed E-state index contributed by atoms with van der Waals surface area (Å²) in [4.78, 5) is 23.5. The van der Waals surface area contributed by atoms with Crippen LogP contribution in [0.25, 0.3) is 17.2 Å². The van der Waals surface area contributed by atoms with Gasteiger partial charge in [0.05, 0.1) is 17.7 Å². The van der Waals surface area contributed by atoms with Gasteiger partial charge in [-0.15, -0.1) is 5.10 Å². The van der Waals surface area contributed by atoms with Gasteiger partial charge in [0.2, 0.25) is 11.8 Å². The molecule has 0 unspecified atom stereocenters. The number of rotatable bonds is 3. The second-order valence-corrected chi connectivity index (χ2v) is 7.53. The molecular weight excluding hydrogens is 394 g/mol. The summed E-state index contributed by atoms with van der Waals surface area (Å²) in [6.07, 6.45) is 2.65. The van der Waals surface area contributed by atoms with Crippen molar-refractivity contribution in [3.63, 3.8) is 0 Å². The molecular formula is C22H19N7O2. The molecule has 9 heteroatoms. The van der Waals surface area contributed by atoms with Gasteiger partial charge in [-0.25, -0.2) is 9.97 Å². The van der Waals surface area contributed by atoms with Crippen LogP contribution < -0.4 is 5.73 Å². The van der Waals surface area contributed by atoms with Gasteiger partial charge in [0.1, 0.15) is 5.69 Å². The van der Waals surface area contributed by atoms with E-state index < -0.39 is 5.41 Å². The first kappa shape index (κ1) is 18.8. The molecule has 1 amide bonds. The maximum absolute atomic E-state index is 13.1. The predicted molar refractivity (Wildman–Crippen MR) is 112 cm³/mol. The molecule has 4 heterocycles. The van der Waals surface area contributed by atoms with Crippen LogP contribution in [0.3, 0.4) is 0 Å². The zero-order valence-electron chi connectivity index (χ0n) is 16.6. The number of nitriles is 1. The molecule has 3 aromatic heterocycles. The average Bonchev–Trinajstić information content (AvgIpc) is 3.49. The normalized spacial score (nSPS) is 15.6. The molecule has 0 spiro atoms. The molecule has 1 fully saturated rings. The number of piperidine rings is 1. The zero-order valence-corrected chi connectivity index (χ0v) is 16.6. The van der Waals surface area contributed by atoms with Crippen LogP contribution in [0.4, 0.5) is 5.95 Å². The minimum absolute atomic E-state index is 0.0684. The van der Waals surface area contributed by atoms with E-state index in [2.05, 4.69) is 21.1 Å². The van der Waals surface area contributed by atoms with E-state index in [0.29, 0.717) is 43.2 Å². The fourth-order valence-electron chi connectivity index (χ4n) is 4.01. The highest BCUT2D eigenvalue weighted by atomic mass is 16.3. The van der Waals surface area contributed by atoms with Crippen LogP contribution >= 0.6 is 0 Å². The molecule has 5 rings (SSSR count). The van der Waals surface area contributed by atoms with Crippen molar-refractivity contribution in [1.82, 2.24) is 24.5 Å². The van der Waals surface area contributed by atoms with Gasteiger partial charge in [-0.2, -0.15) is 9.78 Å². The Morgan fingerprint density at radius 1 is 1.13 bits per heavy atom. The van der Waals surface area contributed by atoms with Crippen LogP contribution in [-0.4, -0.2) is 43.5 Å². The SMILES string of the molecule is N#CC1(c2ccccc2)CCN(C(=O)c2cc3nc(-c4ccco4)nn3c(N)n2)CC1. The Morgan fingerprint density at radius 3 is 2.58 bits per heavy atom. The Kier molecular flexibility index (Phi) is 4.40. The van der Waals surface area contributed by atoms with Gasteiger partial charge in [0.25, 0.3) is 5.91 Å². The lowest BCUT2D eigenvalue weighted by Crippen LogP contribution is -2.44. The molecule has 4 aromatic rings. The average molecular weight is 413 g/mol. The third-order valence-electron chi connectivity index (χ3n) is 5.76. The predicted octanol–water partition coefficient (Wildman–Crippen LogP) is 2.66. The molecule has 1 aromatic carbocycles. The Bertz CT molecular complexity index is 1280. The number of fused-ring (bicyclic) bond motifs is 1. The molecule has 9 nitrogen and oxygen atoms in total. The molecule has 0 saturated carbocycles. The number of hydrogen-bond donors (Lipinski definition) is 1. The van der Waals surface area contributed by atoms with E-state index in [-0.39, 0.29) is 17.5 Å². The number of carbonyl (C=O) groups excluding carboxylic acids is 1. The largest absolute Gasteiger partial charge is 0.461 e. The van der Waals surface area contributed by atoms with Crippen molar-refractivity contribution in [2.45, 2.75) is 18.3 Å². The van der Waals surface area contributed by atoms with Gasteiger partial charge in [0, 0.05) is 19.2 Å². The van der Waals surface area contributed by atoms with Crippen molar-refractivity contribution < 1.29 is 9.21 Å². The van der Waals surface area contributed by atoms with Gasteiger partial charge >= 0.3 is 0 Å². The van der Waals surface area contributed by atoms with Gasteiger partial charge in [-0.05, 0) is 30.5 Å². The van der Waals surface area contributed by atoms with Crippen LogP contribution in [-0.2, 0) is 5.41 Å². The Balaban J connectivity index is 1.39. The van der Waals surface area contributed by atoms with E-state index in [9.17, 15) is 10.1 Å². The van der Waals surface area contributed by atoms with Crippen LogP contribution in [0, 0.1) is 11.3 Å². The first-order valence-corrected chi connectivity index (χ1v) is 9.93. The lowest BCUT2D eigenvalue weighted by atomic mass is 9.74. The number of hydrogen-bond acceptors (Lipinski definition) is 7. The Hall–Kier alpha value is -4.19. The van der Waals surface area contributed by atoms with E-state index in [0.717, 1.165) is 5.56 Å². The number of likely N-dealkylation sites (tertiary alicyclic amines) is 1. The van der Waals surface area contributed by atoms with Crippen LogP contribution in [0.15, 0.2) is 59.2 Å². The Morgan fingerprint density at radius 2 is 1.90 bits per heavy atom. The first-order valence-electron chi connectivity index (χ1n) is 9.93. The van der Waals surface area contributed by atoms with E-state index in [1.54, 1.807) is 23.1 Å². The number of carbonyl (C=O) groups is 1. The number of aromatic nitrogens is 4. The van der Waals surface area contributed by atoms with Crippen LogP contribution in [0.2, 0.25) is 0 Å². The number of amides is 1. The molecule has 1 aliphatic rings. The highest BCUT2D eigenvalue weighted by molar-refractivity contribution is 5.93. The van der Waals surface area contributed by atoms with Crippen molar-refractivity contribution in [3.8, 4) is 17.7 Å². The van der Waals surface area contributed by atoms with E-state index in [1.165, 1.54) is 10.8 Å². The minimum Gasteiger partial charge on any atom is -0.461 e. The second kappa shape index (κ2) is 7.25. The number of anilines is 1. The maximum atomic E-state index is 13.1. The highest BCUT2D eigenvalue weighted by Crippen LogP contribution is 2.35. The topological polar surface area (TPSA) is 126 Å². The lowest BCUT2D eigenvalue weighted by Gasteiger charge is -2.37. The van der Waals surface area contributed by atoms with Crippen LogP contribution in [0.5, 0.6) is 0 Å². The summed E-state index contributed by atoms with van der Waals surface area (Å²) in [5.74, 6) is 0.693. The standard InChI is InChI=1S/C22H19N7O2/c23-14-22(15-5-2-1-3-6-15)8-10-28(11-9-22)20(30)16-13-18-26-19(17-7-4-12-31-17)27-29(18)21(24)25-16/h1-7,12-13H,8-11H2,(H2,24,25). The quantitative estimate of drug-likeness (QED) is 0.547. The van der Waals surface area contributed by atoms with Gasteiger partial charge in [-0.1, -0.05) is 30.3 Å². The fraction of sp³-hybridized carbons (Fsp3) is 0.227. The molecule has 2 N–H and O–H groups in total. The number of nitrogens with zero attached hydrogens (tertiary/aromatic N) is 6. The molecule has 1 saturated heterocycles. The van der Waals surface area contributed by atoms with Crippen LogP contribution in [0.1, 0.15) is 28.9 Å². The third-order valence-corrected chi connectivity index (χ3v) is 5.76. The van der Waals surface area contributed by atoms with Gasteiger partial charge < -0.3 is 15.1 Å². The summed E-state index contributed by atoms with van der Waals surface area (Å²) in [7, 11) is 0. The Labute approximate surface area is 177 Å². The van der Waals surface area contributed by atoms with Crippen molar-refractivity contribution >= 4 is 17.5 Å². The summed E-state index contributed by atoms with van der Waals surface area (Å²) in [5, 5.41) is 14.2. The monoisotopic (exact) mass is 413 g/mol. The van der Waals surface area contributed by atoms with E-state index in [4.69, 9.17) is 10.2 Å². The molecule has 154 valence electrons.